The van der Waals surface area contributed by atoms with Crippen LogP contribution in [0.15, 0.2) is 46.1 Å². The highest BCUT2D eigenvalue weighted by atomic mass is 19.1. The summed E-state index contributed by atoms with van der Waals surface area (Å²) in [4.78, 5) is 19.9. The molecule has 122 valence electrons. The van der Waals surface area contributed by atoms with Crippen LogP contribution in [0, 0.1) is 11.7 Å². The Bertz CT molecular complexity index is 1040. The van der Waals surface area contributed by atoms with E-state index in [0.29, 0.717) is 27.9 Å². The molecule has 5 nitrogen and oxygen atoms in total. The molecule has 1 aliphatic rings. The van der Waals surface area contributed by atoms with Gasteiger partial charge in [-0.3, -0.25) is 4.79 Å². The van der Waals surface area contributed by atoms with Crippen molar-refractivity contribution in [2.75, 3.05) is 0 Å². The van der Waals surface area contributed by atoms with E-state index >= 15 is 0 Å². The van der Waals surface area contributed by atoms with Gasteiger partial charge in [-0.2, -0.15) is 9.78 Å². The van der Waals surface area contributed by atoms with E-state index in [9.17, 15) is 9.18 Å². The zero-order valence-electron chi connectivity index (χ0n) is 13.3. The Morgan fingerprint density at radius 2 is 2.33 bits per heavy atom. The number of aromatic nitrogens is 3. The molecule has 6 heteroatoms. The first kappa shape index (κ1) is 14.8. The molecule has 2 heterocycles. The monoisotopic (exact) mass is 324 g/mol. The minimum Gasteiger partial charge on any atom is -0.349 e. The molecule has 0 aliphatic heterocycles. The van der Waals surface area contributed by atoms with Crippen LogP contribution in [0.25, 0.3) is 21.9 Å². The van der Waals surface area contributed by atoms with E-state index in [2.05, 4.69) is 28.1 Å². The van der Waals surface area contributed by atoms with Gasteiger partial charge in [-0.05, 0) is 50.3 Å². The standard InChI is InChI=1S/C18H17FN4O/c1-11-2-4-12(5-3-11)9-21-23-10-20-16-14-8-13(19)6-7-15(14)22-17(16)18(23)24/h2,6-10,12,22H,3-5H2,1H3/b21-9-/t12-/m1/s1. The van der Waals surface area contributed by atoms with Crippen molar-refractivity contribution in [2.24, 2.45) is 11.0 Å². The fourth-order valence-electron chi connectivity index (χ4n) is 3.09. The van der Waals surface area contributed by atoms with Crippen LogP contribution in [0.2, 0.25) is 0 Å². The number of fused-ring (bicyclic) bond motifs is 3. The summed E-state index contributed by atoms with van der Waals surface area (Å²) in [6.45, 7) is 2.13. The number of nitrogens with one attached hydrogen (secondary N) is 1. The van der Waals surface area contributed by atoms with Crippen LogP contribution in [0.3, 0.4) is 0 Å². The summed E-state index contributed by atoms with van der Waals surface area (Å²) in [5, 5.41) is 4.89. The first-order valence-electron chi connectivity index (χ1n) is 8.00. The normalized spacial score (nSPS) is 18.6. The molecule has 0 fully saturated rings. The molecule has 0 radical (unpaired) electrons. The fourth-order valence-corrected chi connectivity index (χ4v) is 3.09. The Kier molecular flexibility index (Phi) is 3.52. The minimum atomic E-state index is -0.354. The second kappa shape index (κ2) is 5.70. The topological polar surface area (TPSA) is 63.0 Å². The van der Waals surface area contributed by atoms with Gasteiger partial charge in [-0.25, -0.2) is 9.37 Å². The number of aromatic amines is 1. The Labute approximate surface area is 137 Å². The first-order valence-corrected chi connectivity index (χ1v) is 8.00. The lowest BCUT2D eigenvalue weighted by molar-refractivity contribution is 0.602. The molecule has 0 unspecified atom stereocenters. The third kappa shape index (κ3) is 2.54. The predicted molar refractivity (Wildman–Crippen MR) is 92.8 cm³/mol. The molecule has 0 amide bonds. The van der Waals surface area contributed by atoms with Crippen LogP contribution in [0.1, 0.15) is 26.2 Å². The molecule has 0 saturated carbocycles. The van der Waals surface area contributed by atoms with E-state index in [1.54, 1.807) is 6.07 Å². The lowest BCUT2D eigenvalue weighted by Gasteiger charge is -2.15. The Balaban J connectivity index is 1.73. The summed E-state index contributed by atoms with van der Waals surface area (Å²) >= 11 is 0. The van der Waals surface area contributed by atoms with Gasteiger partial charge in [0.15, 0.2) is 0 Å². The molecule has 0 bridgehead atoms. The summed E-state index contributed by atoms with van der Waals surface area (Å²) in [7, 11) is 0. The van der Waals surface area contributed by atoms with E-state index in [1.807, 2.05) is 6.21 Å². The van der Waals surface area contributed by atoms with Gasteiger partial charge < -0.3 is 4.98 Å². The highest BCUT2D eigenvalue weighted by Gasteiger charge is 2.13. The van der Waals surface area contributed by atoms with Crippen molar-refractivity contribution >= 4 is 28.2 Å². The zero-order chi connectivity index (χ0) is 16.7. The third-order valence-electron chi connectivity index (χ3n) is 4.53. The van der Waals surface area contributed by atoms with Crippen molar-refractivity contribution in [3.05, 3.63) is 52.3 Å². The number of hydrogen-bond donors (Lipinski definition) is 1. The van der Waals surface area contributed by atoms with Crippen LogP contribution in [-0.4, -0.2) is 20.9 Å². The Morgan fingerprint density at radius 3 is 3.12 bits per heavy atom. The predicted octanol–water partition coefficient (Wildman–Crippen LogP) is 3.60. The zero-order valence-corrected chi connectivity index (χ0v) is 13.3. The molecule has 1 N–H and O–H groups in total. The summed E-state index contributed by atoms with van der Waals surface area (Å²) in [6.07, 6.45) is 8.49. The summed E-state index contributed by atoms with van der Waals surface area (Å²) < 4.78 is 14.7. The maximum Gasteiger partial charge on any atom is 0.298 e. The van der Waals surface area contributed by atoms with Crippen LogP contribution < -0.4 is 5.56 Å². The molecule has 4 rings (SSSR count). The third-order valence-corrected chi connectivity index (χ3v) is 4.53. The van der Waals surface area contributed by atoms with Gasteiger partial charge in [0.2, 0.25) is 0 Å². The molecule has 24 heavy (non-hydrogen) atoms. The maximum atomic E-state index is 13.4. The molecular weight excluding hydrogens is 307 g/mol. The second-order valence-corrected chi connectivity index (χ2v) is 6.28. The molecule has 0 spiro atoms. The van der Waals surface area contributed by atoms with Gasteiger partial charge in [0, 0.05) is 17.1 Å². The molecular formula is C18H17FN4O. The smallest absolute Gasteiger partial charge is 0.298 e. The van der Waals surface area contributed by atoms with Crippen molar-refractivity contribution in [3.8, 4) is 0 Å². The average Bonchev–Trinajstić information content (AvgIpc) is 2.95. The highest BCUT2D eigenvalue weighted by molar-refractivity contribution is 6.04. The largest absolute Gasteiger partial charge is 0.349 e. The van der Waals surface area contributed by atoms with Crippen LogP contribution >= 0.6 is 0 Å². The molecule has 1 atom stereocenters. The average molecular weight is 324 g/mol. The van der Waals surface area contributed by atoms with Gasteiger partial charge in [0.05, 0.1) is 0 Å². The molecule has 1 aromatic carbocycles. The van der Waals surface area contributed by atoms with Gasteiger partial charge in [0.25, 0.3) is 5.56 Å². The molecule has 3 aromatic rings. The van der Waals surface area contributed by atoms with Crippen LogP contribution in [-0.2, 0) is 0 Å². The van der Waals surface area contributed by atoms with Crippen LogP contribution in [0.5, 0.6) is 0 Å². The number of allylic oxidation sites excluding steroid dienone is 2. The number of rotatable bonds is 2. The van der Waals surface area contributed by atoms with E-state index < -0.39 is 0 Å². The highest BCUT2D eigenvalue weighted by Crippen LogP contribution is 2.23. The molecule has 2 aromatic heterocycles. The summed E-state index contributed by atoms with van der Waals surface area (Å²) in [5.41, 5.74) is 2.62. The summed E-state index contributed by atoms with van der Waals surface area (Å²) in [5.74, 6) is -0.0128. The Hall–Kier alpha value is -2.76. The van der Waals surface area contributed by atoms with Crippen LogP contribution in [0.4, 0.5) is 4.39 Å². The number of H-pyrrole nitrogens is 1. The second-order valence-electron chi connectivity index (χ2n) is 6.28. The minimum absolute atomic E-state index is 0.282. The van der Waals surface area contributed by atoms with E-state index in [4.69, 9.17) is 0 Å². The maximum absolute atomic E-state index is 13.4. The lowest BCUT2D eigenvalue weighted by Crippen LogP contribution is -2.18. The lowest BCUT2D eigenvalue weighted by atomic mass is 9.91. The van der Waals surface area contributed by atoms with Crippen molar-refractivity contribution in [1.82, 2.24) is 14.6 Å². The quantitative estimate of drug-likeness (QED) is 0.578. The number of nitrogens with zero attached hydrogens (tertiary/aromatic N) is 3. The van der Waals surface area contributed by atoms with Gasteiger partial charge >= 0.3 is 0 Å². The number of halogens is 1. The fraction of sp³-hybridized carbons (Fsp3) is 0.278. The van der Waals surface area contributed by atoms with E-state index in [1.165, 1.54) is 28.7 Å². The molecule has 1 aliphatic carbocycles. The van der Waals surface area contributed by atoms with Gasteiger partial charge in [-0.15, -0.1) is 0 Å². The molecule has 0 saturated heterocycles. The number of benzene rings is 1. The van der Waals surface area contributed by atoms with Crippen molar-refractivity contribution in [1.29, 1.82) is 0 Å². The van der Waals surface area contributed by atoms with E-state index in [0.717, 1.165) is 19.3 Å². The van der Waals surface area contributed by atoms with Crippen molar-refractivity contribution in [2.45, 2.75) is 26.2 Å². The number of hydrogen-bond acceptors (Lipinski definition) is 3. The van der Waals surface area contributed by atoms with Crippen molar-refractivity contribution in [3.63, 3.8) is 0 Å². The first-order chi connectivity index (χ1) is 11.6. The Morgan fingerprint density at radius 1 is 1.46 bits per heavy atom. The SMILES string of the molecule is CC1=CC[C@@H](/C=N\n2cnc3c([nH]c4ccc(F)cc43)c2=O)CC1. The van der Waals surface area contributed by atoms with Gasteiger partial charge in [-0.1, -0.05) is 11.6 Å². The summed E-state index contributed by atoms with van der Waals surface area (Å²) in [6, 6.07) is 4.34. The van der Waals surface area contributed by atoms with Gasteiger partial charge in [0.1, 0.15) is 23.2 Å². The van der Waals surface area contributed by atoms with E-state index in [-0.39, 0.29) is 11.4 Å². The van der Waals surface area contributed by atoms with Crippen molar-refractivity contribution < 1.29 is 4.39 Å².